The van der Waals surface area contributed by atoms with Crippen LogP contribution in [0.5, 0.6) is 5.75 Å². The topological polar surface area (TPSA) is 35.2 Å². The Kier molecular flexibility index (Phi) is 4.23. The summed E-state index contributed by atoms with van der Waals surface area (Å²) >= 11 is 0. The van der Waals surface area contributed by atoms with E-state index in [1.807, 2.05) is 32.0 Å². The first-order valence-electron chi connectivity index (χ1n) is 6.74. The zero-order valence-electron chi connectivity index (χ0n) is 11.2. The zero-order valence-corrected chi connectivity index (χ0v) is 11.2. The fourth-order valence-electron chi connectivity index (χ4n) is 2.59. The molecule has 2 rings (SSSR count). The van der Waals surface area contributed by atoms with E-state index in [1.54, 1.807) is 0 Å². The van der Waals surface area contributed by atoms with Gasteiger partial charge in [-0.1, -0.05) is 32.0 Å². The third-order valence-corrected chi connectivity index (χ3v) is 3.77. The average molecular weight is 251 g/mol. The Balaban J connectivity index is 2.32. The molecule has 1 aromatic rings. The number of hydrogen-bond donors (Lipinski definition) is 1. The highest BCUT2D eigenvalue weighted by molar-refractivity contribution is 5.44. The highest BCUT2D eigenvalue weighted by Gasteiger charge is 2.28. The van der Waals surface area contributed by atoms with E-state index in [9.17, 15) is 4.39 Å². The summed E-state index contributed by atoms with van der Waals surface area (Å²) in [4.78, 5) is 0. The fourth-order valence-corrected chi connectivity index (χ4v) is 2.59. The summed E-state index contributed by atoms with van der Waals surface area (Å²) < 4.78 is 20.3. The molecule has 0 saturated carbocycles. The summed E-state index contributed by atoms with van der Waals surface area (Å²) in [5.74, 6) is 0.835. The third kappa shape index (κ3) is 2.51. The zero-order chi connectivity index (χ0) is 13.1. The molecule has 18 heavy (non-hydrogen) atoms. The van der Waals surface area contributed by atoms with Crippen molar-refractivity contribution in [2.24, 2.45) is 17.6 Å². The maximum absolute atomic E-state index is 14.7. The lowest BCUT2D eigenvalue weighted by Crippen LogP contribution is -2.25. The van der Waals surface area contributed by atoms with Crippen LogP contribution < -0.4 is 10.5 Å². The monoisotopic (exact) mass is 251 g/mol. The lowest BCUT2D eigenvalue weighted by atomic mass is 9.86. The Bertz CT molecular complexity index is 405. The van der Waals surface area contributed by atoms with Gasteiger partial charge in [-0.3, -0.25) is 0 Å². The van der Waals surface area contributed by atoms with Gasteiger partial charge in [-0.25, -0.2) is 4.39 Å². The van der Waals surface area contributed by atoms with E-state index in [-0.39, 0.29) is 11.8 Å². The van der Waals surface area contributed by atoms with Gasteiger partial charge in [0.15, 0.2) is 0 Å². The van der Waals surface area contributed by atoms with Crippen molar-refractivity contribution >= 4 is 0 Å². The molecule has 100 valence electrons. The second kappa shape index (κ2) is 5.70. The van der Waals surface area contributed by atoms with Gasteiger partial charge in [-0.05, 0) is 30.9 Å². The summed E-state index contributed by atoms with van der Waals surface area (Å²) in [7, 11) is 0. The number of aryl methyl sites for hydroxylation is 1. The highest BCUT2D eigenvalue weighted by atomic mass is 19.1. The van der Waals surface area contributed by atoms with Gasteiger partial charge in [-0.2, -0.15) is 0 Å². The van der Waals surface area contributed by atoms with Crippen LogP contribution >= 0.6 is 0 Å². The van der Waals surface area contributed by atoms with Crippen molar-refractivity contribution in [3.05, 3.63) is 29.3 Å². The molecule has 0 fully saturated rings. The number of rotatable bonds is 4. The van der Waals surface area contributed by atoms with Gasteiger partial charge >= 0.3 is 0 Å². The third-order valence-electron chi connectivity index (χ3n) is 3.77. The first-order valence-corrected chi connectivity index (χ1v) is 6.74. The fraction of sp³-hybridized carbons (Fsp3) is 0.600. The molecule has 2 N–H and O–H groups in total. The molecule has 0 aliphatic carbocycles. The maximum Gasteiger partial charge on any atom is 0.133 e. The van der Waals surface area contributed by atoms with E-state index < -0.39 is 6.17 Å². The van der Waals surface area contributed by atoms with E-state index in [0.29, 0.717) is 18.7 Å². The molecular formula is C15H22FNO. The molecule has 2 nitrogen and oxygen atoms in total. The van der Waals surface area contributed by atoms with Crippen LogP contribution in [0.2, 0.25) is 0 Å². The average Bonchev–Trinajstić information content (AvgIpc) is 2.38. The van der Waals surface area contributed by atoms with Crippen molar-refractivity contribution in [2.75, 3.05) is 13.2 Å². The van der Waals surface area contributed by atoms with Gasteiger partial charge in [-0.15, -0.1) is 0 Å². The quantitative estimate of drug-likeness (QED) is 0.891. The number of hydrogen-bond acceptors (Lipinski definition) is 2. The van der Waals surface area contributed by atoms with E-state index in [2.05, 4.69) is 0 Å². The van der Waals surface area contributed by atoms with Gasteiger partial charge in [0.1, 0.15) is 11.9 Å². The number of alkyl halides is 1. The van der Waals surface area contributed by atoms with Crippen molar-refractivity contribution in [1.29, 1.82) is 0 Å². The second-order valence-corrected chi connectivity index (χ2v) is 5.33. The van der Waals surface area contributed by atoms with Crippen LogP contribution in [0, 0.1) is 11.8 Å². The minimum absolute atomic E-state index is 0.151. The first kappa shape index (κ1) is 13.3. The standard InChI is InChI=1S/C15H22FNO/c1-10(2)13(9-17)14(16)12-7-3-5-11-6-4-8-18-15(11)12/h3,5,7,10,13-14H,4,6,8-9,17H2,1-2H3. The Morgan fingerprint density at radius 1 is 1.39 bits per heavy atom. The summed E-state index contributed by atoms with van der Waals surface area (Å²) in [6, 6.07) is 5.78. The van der Waals surface area contributed by atoms with Gasteiger partial charge in [0.05, 0.1) is 6.61 Å². The Hall–Kier alpha value is -1.09. The van der Waals surface area contributed by atoms with Crippen LogP contribution in [0.1, 0.15) is 37.6 Å². The van der Waals surface area contributed by atoms with E-state index in [4.69, 9.17) is 10.5 Å². The molecule has 0 saturated heterocycles. The summed E-state index contributed by atoms with van der Waals surface area (Å²) in [5.41, 5.74) is 7.51. The Morgan fingerprint density at radius 2 is 2.17 bits per heavy atom. The molecule has 2 unspecified atom stereocenters. The number of nitrogens with two attached hydrogens (primary N) is 1. The molecule has 1 aliphatic rings. The van der Waals surface area contributed by atoms with Crippen molar-refractivity contribution in [2.45, 2.75) is 32.9 Å². The lowest BCUT2D eigenvalue weighted by Gasteiger charge is -2.27. The van der Waals surface area contributed by atoms with Gasteiger partial charge in [0, 0.05) is 11.5 Å². The van der Waals surface area contributed by atoms with Crippen LogP contribution in [0.3, 0.4) is 0 Å². The molecule has 1 aliphatic heterocycles. The molecule has 0 amide bonds. The van der Waals surface area contributed by atoms with Gasteiger partial charge < -0.3 is 10.5 Å². The van der Waals surface area contributed by atoms with Crippen LogP contribution in [-0.4, -0.2) is 13.2 Å². The van der Waals surface area contributed by atoms with Crippen molar-refractivity contribution in [3.8, 4) is 5.75 Å². The second-order valence-electron chi connectivity index (χ2n) is 5.33. The van der Waals surface area contributed by atoms with Crippen LogP contribution in [0.4, 0.5) is 4.39 Å². The van der Waals surface area contributed by atoms with E-state index in [1.165, 1.54) is 0 Å². The molecule has 3 heteroatoms. The van der Waals surface area contributed by atoms with Gasteiger partial charge in [0.25, 0.3) is 0 Å². The number of halogens is 1. The van der Waals surface area contributed by atoms with E-state index >= 15 is 0 Å². The first-order chi connectivity index (χ1) is 8.65. The smallest absolute Gasteiger partial charge is 0.133 e. The normalized spacial score (nSPS) is 18.1. The molecule has 0 aromatic heterocycles. The number of fused-ring (bicyclic) bond motifs is 1. The molecule has 1 heterocycles. The van der Waals surface area contributed by atoms with Crippen molar-refractivity contribution in [1.82, 2.24) is 0 Å². The van der Waals surface area contributed by atoms with Crippen molar-refractivity contribution < 1.29 is 9.13 Å². The molecule has 0 bridgehead atoms. The van der Waals surface area contributed by atoms with E-state index in [0.717, 1.165) is 24.2 Å². The Morgan fingerprint density at radius 3 is 2.83 bits per heavy atom. The molecular weight excluding hydrogens is 229 g/mol. The highest BCUT2D eigenvalue weighted by Crippen LogP contribution is 2.39. The SMILES string of the molecule is CC(C)C(CN)C(F)c1cccc2c1OCCC2. The number of ether oxygens (including phenoxy) is 1. The lowest BCUT2D eigenvalue weighted by molar-refractivity contribution is 0.179. The summed E-state index contributed by atoms with van der Waals surface area (Å²) in [6.45, 7) is 5.08. The van der Waals surface area contributed by atoms with Crippen molar-refractivity contribution in [3.63, 3.8) is 0 Å². The molecule has 1 aromatic carbocycles. The maximum atomic E-state index is 14.7. The molecule has 0 radical (unpaired) electrons. The molecule has 2 atom stereocenters. The Labute approximate surface area is 108 Å². The minimum Gasteiger partial charge on any atom is -0.493 e. The minimum atomic E-state index is -1.04. The summed E-state index contributed by atoms with van der Waals surface area (Å²) in [6.07, 6.45) is 0.950. The number of benzene rings is 1. The predicted molar refractivity (Wildman–Crippen MR) is 71.5 cm³/mol. The number of para-hydroxylation sites is 1. The summed E-state index contributed by atoms with van der Waals surface area (Å²) in [5, 5.41) is 0. The van der Waals surface area contributed by atoms with Gasteiger partial charge in [0.2, 0.25) is 0 Å². The predicted octanol–water partition coefficient (Wildman–Crippen LogP) is 3.25. The van der Waals surface area contributed by atoms with Crippen LogP contribution in [0.15, 0.2) is 18.2 Å². The molecule has 0 spiro atoms. The largest absolute Gasteiger partial charge is 0.493 e. The van der Waals surface area contributed by atoms with Crippen LogP contribution in [-0.2, 0) is 6.42 Å². The van der Waals surface area contributed by atoms with Crippen LogP contribution in [0.25, 0.3) is 0 Å².